The molecular formula is C19H26FN5O8S. The minimum Gasteiger partial charge on any atom is -0.477 e. The van der Waals surface area contributed by atoms with Crippen molar-refractivity contribution in [1.29, 1.82) is 5.41 Å². The second-order valence-electron chi connectivity index (χ2n) is 7.83. The van der Waals surface area contributed by atoms with Crippen molar-refractivity contribution in [2.45, 2.75) is 25.0 Å². The molecule has 7 N–H and O–H groups in total. The predicted molar refractivity (Wildman–Crippen MR) is 121 cm³/mol. The molecule has 2 unspecified atom stereocenters. The molecule has 2 fully saturated rings. The van der Waals surface area contributed by atoms with E-state index in [1.54, 1.807) is 4.57 Å². The molecule has 15 heteroatoms. The molecule has 2 aliphatic rings. The number of rotatable bonds is 5. The van der Waals surface area contributed by atoms with E-state index >= 15 is 0 Å². The van der Waals surface area contributed by atoms with Crippen molar-refractivity contribution in [2.24, 2.45) is 11.7 Å². The van der Waals surface area contributed by atoms with Crippen LogP contribution in [-0.4, -0.2) is 77.5 Å². The smallest absolute Gasteiger partial charge is 0.341 e. The van der Waals surface area contributed by atoms with Gasteiger partial charge in [-0.2, -0.15) is 8.42 Å². The average molecular weight is 504 g/mol. The number of nitrogens with two attached hydrogens (primary N) is 1. The Kier molecular flexibility index (Phi) is 8.10. The Morgan fingerprint density at radius 1 is 1.41 bits per heavy atom. The van der Waals surface area contributed by atoms with E-state index in [2.05, 4.69) is 4.98 Å². The molecule has 3 heterocycles. The van der Waals surface area contributed by atoms with Gasteiger partial charge in [0, 0.05) is 25.9 Å². The highest BCUT2D eigenvalue weighted by atomic mass is 32.2. The maximum Gasteiger partial charge on any atom is 0.341 e. The summed E-state index contributed by atoms with van der Waals surface area (Å²) in [6, 6.07) is 1.03. The van der Waals surface area contributed by atoms with Crippen LogP contribution in [-0.2, 0) is 14.9 Å². The van der Waals surface area contributed by atoms with Gasteiger partial charge in [-0.15, -0.1) is 0 Å². The van der Waals surface area contributed by atoms with Gasteiger partial charge in [-0.25, -0.2) is 14.2 Å². The predicted octanol–water partition coefficient (Wildman–Crippen LogP) is -0.365. The lowest BCUT2D eigenvalue weighted by molar-refractivity contribution is 0.0694. The Morgan fingerprint density at radius 3 is 2.44 bits per heavy atom. The van der Waals surface area contributed by atoms with Crippen LogP contribution in [0.15, 0.2) is 17.1 Å². The maximum atomic E-state index is 14.9. The minimum absolute atomic E-state index is 0. The van der Waals surface area contributed by atoms with E-state index < -0.39 is 32.9 Å². The SMILES string of the molecule is COC1CN(c2nc3c(cc2F)c(=O)c(C(=O)O)cn3C2CC2)C(=N)C1CN.CS(=O)(=O)O.O. The van der Waals surface area contributed by atoms with E-state index in [4.69, 9.17) is 20.4 Å². The minimum atomic E-state index is -3.67. The fourth-order valence-corrected chi connectivity index (χ4v) is 3.69. The Labute approximate surface area is 193 Å². The van der Waals surface area contributed by atoms with Gasteiger partial charge in [-0.05, 0) is 18.9 Å². The molecule has 0 bridgehead atoms. The first-order valence-electron chi connectivity index (χ1n) is 9.87. The Bertz CT molecular complexity index is 1270. The molecule has 188 valence electrons. The maximum absolute atomic E-state index is 14.9. The molecule has 0 amide bonds. The zero-order chi connectivity index (χ0) is 24.7. The summed E-state index contributed by atoms with van der Waals surface area (Å²) in [6.45, 7) is 0.394. The molecule has 0 radical (unpaired) electrons. The zero-order valence-electron chi connectivity index (χ0n) is 18.4. The van der Waals surface area contributed by atoms with Gasteiger partial charge in [-0.1, -0.05) is 0 Å². The van der Waals surface area contributed by atoms with Crippen LogP contribution in [0.1, 0.15) is 29.2 Å². The van der Waals surface area contributed by atoms with E-state index in [-0.39, 0.29) is 59.3 Å². The van der Waals surface area contributed by atoms with Crippen molar-refractivity contribution >= 4 is 38.8 Å². The van der Waals surface area contributed by atoms with Crippen molar-refractivity contribution in [3.8, 4) is 0 Å². The lowest BCUT2D eigenvalue weighted by Gasteiger charge is -2.20. The van der Waals surface area contributed by atoms with Crippen LogP contribution in [0, 0.1) is 17.1 Å². The van der Waals surface area contributed by atoms with Crippen LogP contribution < -0.4 is 16.1 Å². The first-order valence-corrected chi connectivity index (χ1v) is 11.7. The number of carboxylic acid groups (broad SMARTS) is 1. The van der Waals surface area contributed by atoms with Crippen LogP contribution in [0.5, 0.6) is 0 Å². The molecule has 1 aliphatic carbocycles. The van der Waals surface area contributed by atoms with Crippen molar-refractivity contribution in [3.05, 3.63) is 33.9 Å². The fourth-order valence-electron chi connectivity index (χ4n) is 3.69. The van der Waals surface area contributed by atoms with Crippen molar-refractivity contribution in [3.63, 3.8) is 0 Å². The number of aromatic nitrogens is 2. The Morgan fingerprint density at radius 2 is 2.00 bits per heavy atom. The molecule has 1 aliphatic heterocycles. The molecule has 1 saturated carbocycles. The van der Waals surface area contributed by atoms with Crippen molar-refractivity contribution < 1.29 is 37.5 Å². The number of pyridine rings is 2. The molecule has 2 atom stereocenters. The summed E-state index contributed by atoms with van der Waals surface area (Å²) in [7, 11) is -2.16. The van der Waals surface area contributed by atoms with E-state index in [0.29, 0.717) is 6.26 Å². The lowest BCUT2D eigenvalue weighted by atomic mass is 10.1. The second kappa shape index (κ2) is 10.1. The first-order chi connectivity index (χ1) is 15.4. The van der Waals surface area contributed by atoms with Gasteiger partial charge in [0.25, 0.3) is 10.1 Å². The number of aromatic carboxylic acids is 1. The van der Waals surface area contributed by atoms with E-state index in [0.717, 1.165) is 18.9 Å². The van der Waals surface area contributed by atoms with Crippen molar-refractivity contribution in [1.82, 2.24) is 9.55 Å². The van der Waals surface area contributed by atoms with E-state index in [1.807, 2.05) is 0 Å². The second-order valence-corrected chi connectivity index (χ2v) is 9.29. The van der Waals surface area contributed by atoms with Gasteiger partial charge < -0.3 is 30.5 Å². The first kappa shape index (κ1) is 27.3. The Hall–Kier alpha value is -2.98. The van der Waals surface area contributed by atoms with Crippen LogP contribution >= 0.6 is 0 Å². The van der Waals surface area contributed by atoms with Gasteiger partial charge in [0.15, 0.2) is 11.6 Å². The summed E-state index contributed by atoms with van der Waals surface area (Å²) >= 11 is 0. The monoisotopic (exact) mass is 503 g/mol. The highest BCUT2D eigenvalue weighted by molar-refractivity contribution is 7.85. The van der Waals surface area contributed by atoms with Crippen LogP contribution in [0.25, 0.3) is 11.0 Å². The fraction of sp³-hybridized carbons (Fsp3) is 0.474. The summed E-state index contributed by atoms with van der Waals surface area (Å²) in [6.07, 6.45) is 3.27. The van der Waals surface area contributed by atoms with Gasteiger partial charge >= 0.3 is 5.97 Å². The number of fused-ring (bicyclic) bond motifs is 1. The van der Waals surface area contributed by atoms with Crippen LogP contribution in [0.2, 0.25) is 0 Å². The molecule has 1 saturated heterocycles. The number of halogens is 1. The number of anilines is 1. The zero-order valence-corrected chi connectivity index (χ0v) is 19.2. The number of carboxylic acids is 1. The number of carbonyl (C=O) groups is 1. The molecule has 34 heavy (non-hydrogen) atoms. The summed E-state index contributed by atoms with van der Waals surface area (Å²) in [5, 5.41) is 17.6. The van der Waals surface area contributed by atoms with E-state index in [9.17, 15) is 27.5 Å². The number of hydrogen-bond acceptors (Lipinski definition) is 8. The summed E-state index contributed by atoms with van der Waals surface area (Å²) < 4.78 is 47.8. The molecule has 13 nitrogen and oxygen atoms in total. The van der Waals surface area contributed by atoms with Crippen molar-refractivity contribution in [2.75, 3.05) is 31.4 Å². The van der Waals surface area contributed by atoms with Crippen LogP contribution in [0.3, 0.4) is 0 Å². The molecule has 2 aromatic rings. The average Bonchev–Trinajstić information content (AvgIpc) is 3.50. The molecular weight excluding hydrogens is 477 g/mol. The van der Waals surface area contributed by atoms with Gasteiger partial charge in [-0.3, -0.25) is 14.8 Å². The summed E-state index contributed by atoms with van der Waals surface area (Å²) in [5.74, 6) is -2.54. The highest BCUT2D eigenvalue weighted by Gasteiger charge is 2.39. The number of amidine groups is 1. The molecule has 0 aromatic carbocycles. The number of hydrogen-bond donors (Lipinski definition) is 4. The quantitative estimate of drug-likeness (QED) is 0.388. The normalized spacial score (nSPS) is 20.0. The largest absolute Gasteiger partial charge is 0.477 e. The number of nitrogens with zero attached hydrogens (tertiary/aromatic N) is 3. The third-order valence-corrected chi connectivity index (χ3v) is 5.38. The third-order valence-electron chi connectivity index (χ3n) is 5.38. The van der Waals surface area contributed by atoms with Gasteiger partial charge in [0.2, 0.25) is 5.43 Å². The van der Waals surface area contributed by atoms with Gasteiger partial charge in [0.1, 0.15) is 17.0 Å². The number of methoxy groups -OCH3 is 1. The Balaban J connectivity index is 0.000000619. The summed E-state index contributed by atoms with van der Waals surface area (Å²) in [5.41, 5.74) is 4.76. The molecule has 0 spiro atoms. The summed E-state index contributed by atoms with van der Waals surface area (Å²) in [4.78, 5) is 29.7. The molecule has 4 rings (SSSR count). The van der Waals surface area contributed by atoms with Gasteiger partial charge in [0.05, 0.1) is 30.2 Å². The third kappa shape index (κ3) is 5.56. The topological polar surface area (TPSA) is 220 Å². The van der Waals surface area contributed by atoms with Crippen LogP contribution in [0.4, 0.5) is 10.2 Å². The number of nitrogens with one attached hydrogen (secondary N) is 1. The highest BCUT2D eigenvalue weighted by Crippen LogP contribution is 2.37. The molecule has 2 aromatic heterocycles. The number of ether oxygens (including phenoxy) is 1. The van der Waals surface area contributed by atoms with E-state index in [1.165, 1.54) is 18.2 Å². The standard InChI is InChI=1S/C18H20FN5O4.CH4O3S.H2O/c1-28-13-7-24(15(21)10(13)5-20)17-12(19)4-9-14(25)11(18(26)27)6-23(8-2-3-8)16(9)22-17;1-5(2,3)4;/h4,6,8,10,13,21H,2-3,5,7,20H2,1H3,(H,26,27);1H3,(H,2,3,4);1H2. The lowest BCUT2D eigenvalue weighted by Crippen LogP contribution is -2.32.